The van der Waals surface area contributed by atoms with E-state index in [2.05, 4.69) is 5.32 Å². The lowest BCUT2D eigenvalue weighted by Crippen LogP contribution is -2.38. The van der Waals surface area contributed by atoms with E-state index in [1.165, 1.54) is 26.2 Å². The number of nitrogens with zero attached hydrogens (tertiary/aromatic N) is 1. The number of hydrogen-bond donors (Lipinski definition) is 2. The van der Waals surface area contributed by atoms with Crippen LogP contribution in [0.3, 0.4) is 0 Å². The minimum Gasteiger partial charge on any atom is -0.324 e. The summed E-state index contributed by atoms with van der Waals surface area (Å²) in [5.41, 5.74) is 6.31. The lowest BCUT2D eigenvalue weighted by Gasteiger charge is -2.15. The maximum atomic E-state index is 12.1. The smallest absolute Gasteiger partial charge is 0.244 e. The molecule has 1 aliphatic rings. The fourth-order valence-electron chi connectivity index (χ4n) is 1.72. The molecule has 3 N–H and O–H groups in total. The van der Waals surface area contributed by atoms with E-state index in [1.807, 2.05) is 0 Å². The Kier molecular flexibility index (Phi) is 3.62. The van der Waals surface area contributed by atoms with Gasteiger partial charge < -0.3 is 11.1 Å². The molecule has 0 spiro atoms. The third-order valence-corrected chi connectivity index (χ3v) is 5.29. The van der Waals surface area contributed by atoms with Crippen LogP contribution in [0.5, 0.6) is 0 Å². The van der Waals surface area contributed by atoms with Gasteiger partial charge in [0.1, 0.15) is 0 Å². The van der Waals surface area contributed by atoms with Gasteiger partial charge in [0.15, 0.2) is 0 Å². The molecule has 6 nitrogen and oxygen atoms in total. The molecule has 20 heavy (non-hydrogen) atoms. The number of amides is 1. The SMILES string of the molecule is Cc1ccc(S(=O)(=O)N(C)C)cc1NC(=O)C1(N)CC1. The highest BCUT2D eigenvalue weighted by atomic mass is 32.2. The molecule has 0 radical (unpaired) electrons. The molecular formula is C13H19N3O3S. The van der Waals surface area contributed by atoms with E-state index in [0.29, 0.717) is 18.5 Å². The second kappa shape index (κ2) is 4.83. The molecule has 0 unspecified atom stereocenters. The van der Waals surface area contributed by atoms with Crippen molar-refractivity contribution in [3.63, 3.8) is 0 Å². The number of anilines is 1. The van der Waals surface area contributed by atoms with E-state index < -0.39 is 15.6 Å². The molecule has 1 saturated carbocycles. The Morgan fingerprint density at radius 3 is 2.45 bits per heavy atom. The van der Waals surface area contributed by atoms with E-state index in [4.69, 9.17) is 5.73 Å². The first-order chi connectivity index (χ1) is 9.17. The minimum absolute atomic E-state index is 0.144. The third kappa shape index (κ3) is 2.70. The Labute approximate surface area is 119 Å². The fourth-order valence-corrected chi connectivity index (χ4v) is 2.64. The quantitative estimate of drug-likeness (QED) is 0.854. The molecule has 1 aliphatic carbocycles. The highest BCUT2D eigenvalue weighted by Crippen LogP contribution is 2.34. The van der Waals surface area contributed by atoms with Crippen LogP contribution in [0.1, 0.15) is 18.4 Å². The maximum absolute atomic E-state index is 12.1. The molecule has 1 fully saturated rings. The molecule has 1 aromatic rings. The van der Waals surface area contributed by atoms with Gasteiger partial charge in [-0.1, -0.05) is 6.07 Å². The first-order valence-electron chi connectivity index (χ1n) is 6.30. The summed E-state index contributed by atoms with van der Waals surface area (Å²) < 4.78 is 25.3. The van der Waals surface area contributed by atoms with Gasteiger partial charge in [0.05, 0.1) is 10.4 Å². The first-order valence-corrected chi connectivity index (χ1v) is 7.74. The number of rotatable bonds is 4. The zero-order valence-corrected chi connectivity index (χ0v) is 12.6. The maximum Gasteiger partial charge on any atom is 0.244 e. The van der Waals surface area contributed by atoms with Crippen LogP contribution in [0.4, 0.5) is 5.69 Å². The first kappa shape index (κ1) is 15.0. The Balaban J connectivity index is 2.32. The van der Waals surface area contributed by atoms with Gasteiger partial charge >= 0.3 is 0 Å². The second-order valence-corrected chi connectivity index (χ2v) is 7.53. The monoisotopic (exact) mass is 297 g/mol. The van der Waals surface area contributed by atoms with Gasteiger partial charge in [0, 0.05) is 19.8 Å². The molecule has 1 amide bonds. The van der Waals surface area contributed by atoms with E-state index in [0.717, 1.165) is 9.87 Å². The summed E-state index contributed by atoms with van der Waals surface area (Å²) in [4.78, 5) is 12.1. The molecule has 0 atom stereocenters. The number of nitrogens with one attached hydrogen (secondary N) is 1. The van der Waals surface area contributed by atoms with Gasteiger partial charge in [0.2, 0.25) is 15.9 Å². The summed E-state index contributed by atoms with van der Waals surface area (Å²) in [7, 11) is -0.591. The van der Waals surface area contributed by atoms with Crippen LogP contribution in [0.15, 0.2) is 23.1 Å². The zero-order valence-electron chi connectivity index (χ0n) is 11.8. The van der Waals surface area contributed by atoms with Crippen molar-refractivity contribution in [1.29, 1.82) is 0 Å². The summed E-state index contributed by atoms with van der Waals surface area (Å²) in [6, 6.07) is 4.66. The van der Waals surface area contributed by atoms with E-state index >= 15 is 0 Å². The number of carbonyl (C=O) groups excluding carboxylic acids is 1. The van der Waals surface area contributed by atoms with Crippen molar-refractivity contribution < 1.29 is 13.2 Å². The molecular weight excluding hydrogens is 278 g/mol. The Bertz CT molecular complexity index is 649. The van der Waals surface area contributed by atoms with Crippen molar-refractivity contribution in [3.05, 3.63) is 23.8 Å². The van der Waals surface area contributed by atoms with Crippen molar-refractivity contribution in [1.82, 2.24) is 4.31 Å². The van der Waals surface area contributed by atoms with E-state index in [9.17, 15) is 13.2 Å². The van der Waals surface area contributed by atoms with Gasteiger partial charge in [0.25, 0.3) is 0 Å². The standard InChI is InChI=1S/C13H19N3O3S/c1-9-4-5-10(20(18,19)16(2)3)8-11(9)15-12(17)13(14)6-7-13/h4-5,8H,6-7,14H2,1-3H3,(H,15,17). The zero-order chi connectivity index (χ0) is 15.1. The summed E-state index contributed by atoms with van der Waals surface area (Å²) in [5.74, 6) is -0.264. The topological polar surface area (TPSA) is 92.5 Å². The predicted molar refractivity (Wildman–Crippen MR) is 76.8 cm³/mol. The lowest BCUT2D eigenvalue weighted by atomic mass is 10.2. The van der Waals surface area contributed by atoms with Crippen molar-refractivity contribution in [2.75, 3.05) is 19.4 Å². The molecule has 110 valence electrons. The van der Waals surface area contributed by atoms with Gasteiger partial charge in [-0.3, -0.25) is 4.79 Å². The van der Waals surface area contributed by atoms with Crippen molar-refractivity contribution in [2.24, 2.45) is 5.73 Å². The van der Waals surface area contributed by atoms with Crippen molar-refractivity contribution in [2.45, 2.75) is 30.2 Å². The number of aryl methyl sites for hydroxylation is 1. The largest absolute Gasteiger partial charge is 0.324 e. The average molecular weight is 297 g/mol. The molecule has 2 rings (SSSR count). The minimum atomic E-state index is -3.52. The molecule has 7 heteroatoms. The normalized spacial score (nSPS) is 17.1. The number of carbonyl (C=O) groups is 1. The predicted octanol–water partition coefficient (Wildman–Crippen LogP) is 0.675. The van der Waals surface area contributed by atoms with Crippen molar-refractivity contribution >= 4 is 21.6 Å². The lowest BCUT2D eigenvalue weighted by molar-refractivity contribution is -0.118. The summed E-state index contributed by atoms with van der Waals surface area (Å²) in [6.07, 6.45) is 1.32. The molecule has 1 aromatic carbocycles. The van der Waals surface area contributed by atoms with E-state index in [1.54, 1.807) is 13.0 Å². The molecule has 0 aliphatic heterocycles. The van der Waals surface area contributed by atoms with Gasteiger partial charge in [-0.05, 0) is 37.5 Å². The number of sulfonamides is 1. The Morgan fingerprint density at radius 2 is 1.95 bits per heavy atom. The molecule has 0 saturated heterocycles. The van der Waals surface area contributed by atoms with Crippen LogP contribution in [-0.2, 0) is 14.8 Å². The third-order valence-electron chi connectivity index (χ3n) is 3.48. The van der Waals surface area contributed by atoms with Crippen LogP contribution in [0.25, 0.3) is 0 Å². The number of hydrogen-bond acceptors (Lipinski definition) is 4. The number of nitrogens with two attached hydrogens (primary N) is 1. The molecule has 0 bridgehead atoms. The highest BCUT2D eigenvalue weighted by molar-refractivity contribution is 7.89. The highest BCUT2D eigenvalue weighted by Gasteiger charge is 2.46. The second-order valence-electron chi connectivity index (χ2n) is 5.37. The summed E-state index contributed by atoms with van der Waals surface area (Å²) >= 11 is 0. The average Bonchev–Trinajstić information content (AvgIpc) is 3.11. The van der Waals surface area contributed by atoms with Crippen LogP contribution >= 0.6 is 0 Å². The van der Waals surface area contributed by atoms with Gasteiger partial charge in [-0.2, -0.15) is 0 Å². The van der Waals surface area contributed by atoms with Gasteiger partial charge in [-0.25, -0.2) is 12.7 Å². The van der Waals surface area contributed by atoms with Crippen molar-refractivity contribution in [3.8, 4) is 0 Å². The van der Waals surface area contributed by atoms with Crippen LogP contribution < -0.4 is 11.1 Å². The Morgan fingerprint density at radius 1 is 1.35 bits per heavy atom. The summed E-state index contributed by atoms with van der Waals surface area (Å²) in [6.45, 7) is 1.80. The number of benzene rings is 1. The van der Waals surface area contributed by atoms with E-state index in [-0.39, 0.29) is 10.8 Å². The Hall–Kier alpha value is -1.44. The molecule has 0 aromatic heterocycles. The summed E-state index contributed by atoms with van der Waals surface area (Å²) in [5, 5.41) is 2.72. The van der Waals surface area contributed by atoms with Crippen LogP contribution in [-0.4, -0.2) is 38.3 Å². The fraction of sp³-hybridized carbons (Fsp3) is 0.462. The van der Waals surface area contributed by atoms with Gasteiger partial charge in [-0.15, -0.1) is 0 Å². The van der Waals surface area contributed by atoms with Crippen LogP contribution in [0, 0.1) is 6.92 Å². The molecule has 0 heterocycles. The van der Waals surface area contributed by atoms with Crippen LogP contribution in [0.2, 0.25) is 0 Å².